The molecule has 1 N–H and O–H groups in total. The molecule has 1 aromatic heterocycles. The van der Waals surface area contributed by atoms with Crippen molar-refractivity contribution in [3.8, 4) is 11.4 Å². The van der Waals surface area contributed by atoms with Crippen LogP contribution in [0.1, 0.15) is 11.1 Å². The van der Waals surface area contributed by atoms with Gasteiger partial charge in [-0.25, -0.2) is 14.5 Å². The zero-order valence-corrected chi connectivity index (χ0v) is 19.2. The van der Waals surface area contributed by atoms with E-state index in [1.165, 1.54) is 7.05 Å². The molecule has 0 spiro atoms. The van der Waals surface area contributed by atoms with Crippen LogP contribution in [-0.2, 0) is 26.6 Å². The largest absolute Gasteiger partial charge is 0.416 e. The number of urea groups is 1. The Labute approximate surface area is 205 Å². The molecule has 0 radical (unpaired) electrons. The Morgan fingerprint density at radius 2 is 1.54 bits per heavy atom. The first-order valence-electron chi connectivity index (χ1n) is 10.6. The molecule has 1 aliphatic rings. The van der Waals surface area contributed by atoms with E-state index >= 15 is 0 Å². The number of carbonyl (C=O) groups excluding carboxylic acids is 2. The van der Waals surface area contributed by atoms with Gasteiger partial charge >= 0.3 is 18.4 Å². The Morgan fingerprint density at radius 1 is 0.946 bits per heavy atom. The average molecular weight is 537 g/mol. The first-order chi connectivity index (χ1) is 17.3. The van der Waals surface area contributed by atoms with Gasteiger partial charge in [0.25, 0.3) is 5.91 Å². The lowest BCUT2D eigenvalue weighted by molar-refractivity contribution is -0.143. The van der Waals surface area contributed by atoms with Gasteiger partial charge < -0.3 is 14.6 Å². The van der Waals surface area contributed by atoms with Crippen LogP contribution in [0.2, 0.25) is 0 Å². The van der Waals surface area contributed by atoms with Crippen molar-refractivity contribution in [3.05, 3.63) is 41.4 Å². The van der Waals surface area contributed by atoms with Crippen molar-refractivity contribution in [1.82, 2.24) is 24.6 Å². The van der Waals surface area contributed by atoms with E-state index in [4.69, 9.17) is 14.6 Å². The third-order valence-electron chi connectivity index (χ3n) is 5.01. The molecule has 0 aliphatic carbocycles. The van der Waals surface area contributed by atoms with Crippen molar-refractivity contribution in [1.29, 1.82) is 0 Å². The summed E-state index contributed by atoms with van der Waals surface area (Å²) in [4.78, 5) is 30.6. The van der Waals surface area contributed by atoms with Gasteiger partial charge in [-0.15, -0.1) is 5.10 Å². The second kappa shape index (κ2) is 11.3. The van der Waals surface area contributed by atoms with E-state index in [2.05, 4.69) is 10.1 Å². The highest BCUT2D eigenvalue weighted by molar-refractivity contribution is 6.12. The van der Waals surface area contributed by atoms with Gasteiger partial charge in [-0.05, 0) is 18.2 Å². The van der Waals surface area contributed by atoms with E-state index < -0.39 is 46.8 Å². The standard InChI is InChI=1S/C21H21F6N5O5/c1-30-18(34)16(32(19(30)35)2-4-36-6-7-37-5-3-33)11-31-12-28-17(29-31)13-8-14(20(22,23)24)10-15(9-13)21(25,26)27/h8-12,33H,2-7H2,1H3. The lowest BCUT2D eigenvalue weighted by Crippen LogP contribution is -2.32. The molecule has 37 heavy (non-hydrogen) atoms. The number of likely N-dealkylation sites (N-methyl/N-ethyl adjacent to an activating group) is 1. The van der Waals surface area contributed by atoms with Crippen LogP contribution in [0.15, 0.2) is 30.2 Å². The number of carbonyl (C=O) groups is 2. The van der Waals surface area contributed by atoms with E-state index in [0.717, 1.165) is 27.0 Å². The number of rotatable bonds is 10. The van der Waals surface area contributed by atoms with Crippen LogP contribution in [0.3, 0.4) is 0 Å². The average Bonchev–Trinajstić information content (AvgIpc) is 3.37. The van der Waals surface area contributed by atoms with Gasteiger partial charge in [0.2, 0.25) is 0 Å². The highest BCUT2D eigenvalue weighted by atomic mass is 19.4. The molecule has 3 amide bonds. The fraction of sp³-hybridized carbons (Fsp3) is 0.429. The number of hydrogen-bond donors (Lipinski definition) is 1. The number of alkyl halides is 6. The Bertz CT molecular complexity index is 1130. The number of aliphatic hydroxyl groups is 1. The van der Waals surface area contributed by atoms with E-state index in [0.29, 0.717) is 12.1 Å². The molecule has 0 unspecified atom stereocenters. The van der Waals surface area contributed by atoms with Crippen molar-refractivity contribution in [2.45, 2.75) is 12.4 Å². The SMILES string of the molecule is CN1C(=O)C(=Cn2cnc(-c3cc(C(F)(F)F)cc(C(F)(F)F)c3)n2)N(CCOCCOCCO)C1=O. The number of amides is 3. The highest BCUT2D eigenvalue weighted by Gasteiger charge is 2.39. The van der Waals surface area contributed by atoms with E-state index in [1.807, 2.05) is 0 Å². The lowest BCUT2D eigenvalue weighted by atomic mass is 10.0. The molecule has 3 rings (SSSR count). The van der Waals surface area contributed by atoms with Crippen molar-refractivity contribution in [2.75, 3.05) is 46.6 Å². The van der Waals surface area contributed by atoms with Crippen molar-refractivity contribution >= 4 is 18.1 Å². The van der Waals surface area contributed by atoms with Crippen molar-refractivity contribution in [2.24, 2.45) is 0 Å². The van der Waals surface area contributed by atoms with Crippen LogP contribution in [-0.4, -0.2) is 88.2 Å². The summed E-state index contributed by atoms with van der Waals surface area (Å²) in [5.74, 6) is -1.18. The molecule has 2 heterocycles. The molecule has 1 fully saturated rings. The minimum atomic E-state index is -5.05. The Hall–Kier alpha value is -3.50. The second-order valence-electron chi connectivity index (χ2n) is 7.60. The minimum absolute atomic E-state index is 0.0136. The molecule has 1 saturated heterocycles. The molecule has 16 heteroatoms. The molecule has 1 aliphatic heterocycles. The molecule has 2 aromatic rings. The smallest absolute Gasteiger partial charge is 0.394 e. The number of aromatic nitrogens is 3. The van der Waals surface area contributed by atoms with Gasteiger partial charge in [0, 0.05) is 12.6 Å². The molecular weight excluding hydrogens is 516 g/mol. The molecule has 10 nitrogen and oxygen atoms in total. The molecule has 0 bridgehead atoms. The van der Waals surface area contributed by atoms with Crippen LogP contribution in [0, 0.1) is 0 Å². The number of aliphatic hydroxyl groups excluding tert-OH is 1. The van der Waals surface area contributed by atoms with Crippen LogP contribution >= 0.6 is 0 Å². The first-order valence-corrected chi connectivity index (χ1v) is 10.6. The Kier molecular flexibility index (Phi) is 8.55. The summed E-state index contributed by atoms with van der Waals surface area (Å²) >= 11 is 0. The fourth-order valence-electron chi connectivity index (χ4n) is 3.22. The summed E-state index contributed by atoms with van der Waals surface area (Å²) in [6.45, 7) is 0.312. The fourth-order valence-corrected chi connectivity index (χ4v) is 3.22. The molecule has 1 aromatic carbocycles. The molecule has 202 valence electrons. The quantitative estimate of drug-likeness (QED) is 0.215. The van der Waals surface area contributed by atoms with Crippen LogP contribution in [0.5, 0.6) is 0 Å². The number of nitrogens with zero attached hydrogens (tertiary/aromatic N) is 5. The van der Waals surface area contributed by atoms with Gasteiger partial charge in [0.05, 0.1) is 56.9 Å². The Morgan fingerprint density at radius 3 is 2.11 bits per heavy atom. The summed E-state index contributed by atoms with van der Waals surface area (Å²) in [6, 6.07) is 0.270. The number of halogens is 6. The third kappa shape index (κ3) is 6.84. The second-order valence-corrected chi connectivity index (χ2v) is 7.60. The first kappa shape index (κ1) is 28.1. The Balaban J connectivity index is 1.83. The van der Waals surface area contributed by atoms with Crippen molar-refractivity contribution in [3.63, 3.8) is 0 Å². The number of benzene rings is 1. The third-order valence-corrected chi connectivity index (χ3v) is 5.01. The zero-order valence-electron chi connectivity index (χ0n) is 19.2. The molecule has 0 saturated carbocycles. The summed E-state index contributed by atoms with van der Waals surface area (Å²) in [5.41, 5.74) is -3.76. The van der Waals surface area contributed by atoms with Gasteiger partial charge in [0.15, 0.2) is 5.82 Å². The maximum atomic E-state index is 13.2. The van der Waals surface area contributed by atoms with E-state index in [9.17, 15) is 35.9 Å². The summed E-state index contributed by atoms with van der Waals surface area (Å²) in [6.07, 6.45) is -8.05. The number of hydrogen-bond acceptors (Lipinski definition) is 7. The van der Waals surface area contributed by atoms with Crippen molar-refractivity contribution < 1.29 is 50.5 Å². The maximum Gasteiger partial charge on any atom is 0.416 e. The lowest BCUT2D eigenvalue weighted by Gasteiger charge is -2.15. The van der Waals surface area contributed by atoms with Crippen LogP contribution < -0.4 is 0 Å². The minimum Gasteiger partial charge on any atom is -0.394 e. The zero-order chi connectivity index (χ0) is 27.4. The monoisotopic (exact) mass is 537 g/mol. The molecule has 0 atom stereocenters. The summed E-state index contributed by atoms with van der Waals surface area (Å²) in [7, 11) is 1.23. The van der Waals surface area contributed by atoms with Gasteiger partial charge in [0.1, 0.15) is 12.0 Å². The van der Waals surface area contributed by atoms with E-state index in [1.54, 1.807) is 0 Å². The van der Waals surface area contributed by atoms with Gasteiger partial charge in [-0.2, -0.15) is 26.3 Å². The molecular formula is C21H21F6N5O5. The maximum absolute atomic E-state index is 13.2. The van der Waals surface area contributed by atoms with E-state index in [-0.39, 0.29) is 51.3 Å². The predicted molar refractivity (Wildman–Crippen MR) is 113 cm³/mol. The number of imide groups is 1. The highest BCUT2D eigenvalue weighted by Crippen LogP contribution is 2.38. The van der Waals surface area contributed by atoms with Gasteiger partial charge in [-0.1, -0.05) is 0 Å². The number of ether oxygens (including phenoxy) is 2. The van der Waals surface area contributed by atoms with Crippen LogP contribution in [0.25, 0.3) is 17.6 Å². The topological polar surface area (TPSA) is 110 Å². The van der Waals surface area contributed by atoms with Gasteiger partial charge in [-0.3, -0.25) is 14.6 Å². The summed E-state index contributed by atoms with van der Waals surface area (Å²) in [5, 5.41) is 12.5. The normalized spacial score (nSPS) is 15.9. The summed E-state index contributed by atoms with van der Waals surface area (Å²) < 4.78 is 90.2. The van der Waals surface area contributed by atoms with Crippen LogP contribution in [0.4, 0.5) is 31.1 Å². The predicted octanol–water partition coefficient (Wildman–Crippen LogP) is 2.70.